The molecule has 2 fully saturated rings. The average Bonchev–Trinajstić information content (AvgIpc) is 2.99. The van der Waals surface area contributed by atoms with E-state index in [4.69, 9.17) is 4.74 Å². The van der Waals surface area contributed by atoms with E-state index in [1.54, 1.807) is 43.3 Å². The van der Waals surface area contributed by atoms with E-state index < -0.39 is 5.91 Å². The van der Waals surface area contributed by atoms with E-state index in [0.717, 1.165) is 57.2 Å². The molecule has 2 aliphatic rings. The number of likely N-dealkylation sites (N-methyl/N-ethyl adjacent to an activating group) is 1. The molecule has 2 aliphatic heterocycles. The van der Waals surface area contributed by atoms with E-state index in [1.165, 1.54) is 0 Å². The van der Waals surface area contributed by atoms with Crippen molar-refractivity contribution < 1.29 is 19.5 Å². The summed E-state index contributed by atoms with van der Waals surface area (Å²) in [5, 5.41) is 14.4. The van der Waals surface area contributed by atoms with Gasteiger partial charge in [0.1, 0.15) is 11.5 Å². The lowest BCUT2D eigenvalue weighted by molar-refractivity contribution is 0.0854. The maximum atomic E-state index is 13.3. The van der Waals surface area contributed by atoms with Crippen molar-refractivity contribution in [3.05, 3.63) is 83.0 Å². The molecule has 0 bridgehead atoms. The van der Waals surface area contributed by atoms with Crippen LogP contribution in [-0.2, 0) is 11.3 Å². The largest absolute Gasteiger partial charge is 0.378 e. The number of amides is 2. The number of hydroxylamine groups is 1. The lowest BCUT2D eigenvalue weighted by Gasteiger charge is -2.32. The van der Waals surface area contributed by atoms with Crippen LogP contribution in [0.4, 0.5) is 17.2 Å². The minimum atomic E-state index is -0.535. The number of morpholine rings is 1. The topological polar surface area (TPSA) is 101 Å². The summed E-state index contributed by atoms with van der Waals surface area (Å²) in [6, 6.07) is 17.8. The predicted molar refractivity (Wildman–Crippen MR) is 154 cm³/mol. The Balaban J connectivity index is 1.27. The van der Waals surface area contributed by atoms with Crippen molar-refractivity contribution >= 4 is 29.0 Å². The van der Waals surface area contributed by atoms with Gasteiger partial charge in [0.25, 0.3) is 11.8 Å². The number of rotatable bonds is 7. The molecule has 0 radical (unpaired) electrons. The third-order valence-corrected chi connectivity index (χ3v) is 7.37. The number of nitrogens with one attached hydrogen (secondary N) is 1. The molecule has 2 saturated heterocycles. The summed E-state index contributed by atoms with van der Waals surface area (Å²) in [4.78, 5) is 37.6. The first-order chi connectivity index (χ1) is 19.4. The predicted octanol–water partition coefficient (Wildman–Crippen LogP) is 3.26. The summed E-state index contributed by atoms with van der Waals surface area (Å²) in [6.45, 7) is 9.24. The van der Waals surface area contributed by atoms with Crippen molar-refractivity contribution in [2.45, 2.75) is 13.5 Å². The molecule has 0 saturated carbocycles. The lowest BCUT2D eigenvalue weighted by Crippen LogP contribution is -2.43. The second-order valence-electron chi connectivity index (χ2n) is 10.3. The average molecular weight is 545 g/mol. The van der Waals surface area contributed by atoms with E-state index in [-0.39, 0.29) is 11.6 Å². The molecule has 0 unspecified atom stereocenters. The summed E-state index contributed by atoms with van der Waals surface area (Å²) in [5.41, 5.74) is 3.12. The Bertz CT molecular complexity index is 1350. The van der Waals surface area contributed by atoms with E-state index in [0.29, 0.717) is 40.8 Å². The highest BCUT2D eigenvalue weighted by molar-refractivity contribution is 6.06. The van der Waals surface area contributed by atoms with Crippen molar-refractivity contribution in [2.75, 3.05) is 74.8 Å². The summed E-state index contributed by atoms with van der Waals surface area (Å²) in [7, 11) is 2.12. The van der Waals surface area contributed by atoms with Crippen LogP contribution in [0.5, 0.6) is 0 Å². The number of aryl methyl sites for hydroxylation is 1. The third kappa shape index (κ3) is 6.65. The van der Waals surface area contributed by atoms with Gasteiger partial charge in [0, 0.05) is 57.1 Å². The van der Waals surface area contributed by atoms with Gasteiger partial charge in [0.2, 0.25) is 0 Å². The fourth-order valence-electron chi connectivity index (χ4n) is 4.93. The number of aromatic nitrogens is 1. The van der Waals surface area contributed by atoms with Gasteiger partial charge in [0.05, 0.1) is 18.9 Å². The second kappa shape index (κ2) is 12.6. The van der Waals surface area contributed by atoms with Gasteiger partial charge in [-0.3, -0.25) is 19.7 Å². The summed E-state index contributed by atoms with van der Waals surface area (Å²) in [5.74, 6) is -0.188. The molecule has 0 atom stereocenters. The van der Waals surface area contributed by atoms with Crippen LogP contribution in [-0.4, -0.2) is 91.3 Å². The van der Waals surface area contributed by atoms with Crippen LogP contribution in [0.2, 0.25) is 0 Å². The van der Waals surface area contributed by atoms with E-state index in [1.807, 2.05) is 24.3 Å². The summed E-state index contributed by atoms with van der Waals surface area (Å²) >= 11 is 0. The van der Waals surface area contributed by atoms with E-state index in [9.17, 15) is 14.8 Å². The van der Waals surface area contributed by atoms with E-state index in [2.05, 4.69) is 32.0 Å². The zero-order valence-corrected chi connectivity index (χ0v) is 23.0. The van der Waals surface area contributed by atoms with Crippen LogP contribution in [0.15, 0.2) is 60.7 Å². The van der Waals surface area contributed by atoms with E-state index >= 15 is 0 Å². The standard InChI is InChI=1S/C30H36N6O4/c1-22-9-10-25(31-29(37)26-7-4-8-28(32-26)35-15-17-40-18-16-35)20-27(22)36(39)30(38)24-6-3-5-23(19-24)21-34-13-11-33(2)12-14-34/h3-10,19-20,39H,11-18,21H2,1-2H3,(H,31,37). The first-order valence-electron chi connectivity index (χ1n) is 13.6. The Hall–Kier alpha value is -3.83. The molecule has 10 nitrogen and oxygen atoms in total. The Morgan fingerprint density at radius 2 is 1.73 bits per heavy atom. The van der Waals surface area contributed by atoms with Crippen molar-refractivity contribution in [3.8, 4) is 0 Å². The second-order valence-corrected chi connectivity index (χ2v) is 10.3. The molecule has 2 N–H and O–H groups in total. The van der Waals surface area contributed by atoms with Crippen molar-refractivity contribution in [3.63, 3.8) is 0 Å². The van der Waals surface area contributed by atoms with Crippen LogP contribution >= 0.6 is 0 Å². The number of ether oxygens (including phenoxy) is 1. The van der Waals surface area contributed by atoms with Gasteiger partial charge >= 0.3 is 0 Å². The highest BCUT2D eigenvalue weighted by Gasteiger charge is 2.21. The number of benzene rings is 2. The monoisotopic (exact) mass is 544 g/mol. The number of hydrogen-bond acceptors (Lipinski definition) is 8. The summed E-state index contributed by atoms with van der Waals surface area (Å²) in [6.07, 6.45) is 0. The molecule has 3 heterocycles. The molecule has 0 spiro atoms. The third-order valence-electron chi connectivity index (χ3n) is 7.37. The van der Waals surface area contributed by atoms with Gasteiger partial charge in [-0.1, -0.05) is 24.3 Å². The quantitative estimate of drug-likeness (QED) is 0.345. The van der Waals surface area contributed by atoms with Crippen molar-refractivity contribution in [1.82, 2.24) is 14.8 Å². The van der Waals surface area contributed by atoms with Crippen LogP contribution in [0.3, 0.4) is 0 Å². The van der Waals surface area contributed by atoms with Crippen molar-refractivity contribution in [1.29, 1.82) is 0 Å². The number of hydrogen-bond donors (Lipinski definition) is 2. The molecule has 2 aromatic carbocycles. The van der Waals surface area contributed by atoms with Crippen molar-refractivity contribution in [2.24, 2.45) is 0 Å². The number of carbonyl (C=O) groups is 2. The highest BCUT2D eigenvalue weighted by atomic mass is 16.5. The normalized spacial score (nSPS) is 16.5. The molecular weight excluding hydrogens is 508 g/mol. The molecule has 2 amide bonds. The first kappa shape index (κ1) is 27.7. The molecule has 10 heteroatoms. The minimum Gasteiger partial charge on any atom is -0.378 e. The Morgan fingerprint density at radius 3 is 2.50 bits per heavy atom. The number of anilines is 3. The van der Waals surface area contributed by atoms with Gasteiger partial charge in [0.15, 0.2) is 0 Å². The van der Waals surface area contributed by atoms with Crippen LogP contribution in [0.1, 0.15) is 32.0 Å². The molecule has 1 aromatic heterocycles. The zero-order valence-electron chi connectivity index (χ0n) is 23.0. The number of nitrogens with zero attached hydrogens (tertiary/aromatic N) is 5. The van der Waals surface area contributed by atoms with Gasteiger partial charge < -0.3 is 19.9 Å². The van der Waals surface area contributed by atoms with Crippen LogP contribution in [0.25, 0.3) is 0 Å². The number of carbonyl (C=O) groups excluding carboxylic acids is 2. The van der Waals surface area contributed by atoms with Crippen LogP contribution in [0, 0.1) is 6.92 Å². The minimum absolute atomic E-state index is 0.278. The number of pyridine rings is 1. The fraction of sp³-hybridized carbons (Fsp3) is 0.367. The molecule has 0 aliphatic carbocycles. The Morgan fingerprint density at radius 1 is 0.975 bits per heavy atom. The fourth-order valence-corrected chi connectivity index (χ4v) is 4.93. The Kier molecular flexibility index (Phi) is 8.71. The smallest absolute Gasteiger partial charge is 0.282 e. The molecule has 210 valence electrons. The van der Waals surface area contributed by atoms with Crippen LogP contribution < -0.4 is 15.3 Å². The zero-order chi connectivity index (χ0) is 28.1. The highest BCUT2D eigenvalue weighted by Crippen LogP contribution is 2.26. The molecule has 5 rings (SSSR count). The summed E-state index contributed by atoms with van der Waals surface area (Å²) < 4.78 is 5.40. The maximum absolute atomic E-state index is 13.3. The molecule has 3 aromatic rings. The maximum Gasteiger partial charge on any atom is 0.282 e. The van der Waals surface area contributed by atoms with Gasteiger partial charge in [-0.15, -0.1) is 0 Å². The molecule has 40 heavy (non-hydrogen) atoms. The lowest BCUT2D eigenvalue weighted by atomic mass is 10.1. The number of piperazine rings is 1. The molecular formula is C30H36N6O4. The Labute approximate surface area is 234 Å². The van der Waals surface area contributed by atoms with Gasteiger partial charge in [-0.2, -0.15) is 5.06 Å². The SMILES string of the molecule is Cc1ccc(NC(=O)c2cccc(N3CCOCC3)n2)cc1N(O)C(=O)c1cccc(CN2CCN(C)CC2)c1. The van der Waals surface area contributed by atoms with Gasteiger partial charge in [-0.05, 0) is 61.5 Å². The first-order valence-corrected chi connectivity index (χ1v) is 13.6. The van der Waals surface area contributed by atoms with Gasteiger partial charge in [-0.25, -0.2) is 4.98 Å².